The Morgan fingerprint density at radius 2 is 1.74 bits per heavy atom. The van der Waals surface area contributed by atoms with E-state index in [0.29, 0.717) is 6.04 Å². The Labute approximate surface area is 116 Å². The van der Waals surface area contributed by atoms with E-state index in [-0.39, 0.29) is 0 Å². The Balaban J connectivity index is 1.61. The van der Waals surface area contributed by atoms with Crippen molar-refractivity contribution in [3.63, 3.8) is 0 Å². The molecule has 0 atom stereocenters. The predicted octanol–water partition coefficient (Wildman–Crippen LogP) is 3.05. The quantitative estimate of drug-likeness (QED) is 0.881. The molecule has 0 amide bonds. The van der Waals surface area contributed by atoms with Gasteiger partial charge >= 0.3 is 0 Å². The smallest absolute Gasteiger partial charge is 0.0172 e. The number of hydrogen-bond acceptors (Lipinski definition) is 2. The molecule has 2 N–H and O–H groups in total. The maximum Gasteiger partial charge on any atom is 0.0172 e. The van der Waals surface area contributed by atoms with Gasteiger partial charge in [-0.05, 0) is 43.2 Å². The van der Waals surface area contributed by atoms with Gasteiger partial charge in [0.15, 0.2) is 0 Å². The minimum atomic E-state index is 0.455. The van der Waals surface area contributed by atoms with Crippen molar-refractivity contribution in [3.05, 3.63) is 42.0 Å². The highest BCUT2D eigenvalue weighted by molar-refractivity contribution is 5.66. The third kappa shape index (κ3) is 3.07. The van der Waals surface area contributed by atoms with Crippen molar-refractivity contribution in [2.24, 2.45) is 5.73 Å². The van der Waals surface area contributed by atoms with Crippen LogP contribution < -0.4 is 5.73 Å². The summed E-state index contributed by atoms with van der Waals surface area (Å²) in [6.07, 6.45) is 8.60. The standard InChI is InChI=1S/C17H24N2/c18-16-6-8-17(9-7-16)19-12-10-15(11-13-19)14-4-2-1-3-5-14/h1-5,10,16-17H,6-9,11-13,18H2. The van der Waals surface area contributed by atoms with Crippen LogP contribution in [0.15, 0.2) is 36.4 Å². The van der Waals surface area contributed by atoms with Gasteiger partial charge in [0.25, 0.3) is 0 Å². The maximum absolute atomic E-state index is 5.99. The van der Waals surface area contributed by atoms with Gasteiger partial charge < -0.3 is 5.73 Å². The molecule has 0 aromatic heterocycles. The summed E-state index contributed by atoms with van der Waals surface area (Å²) in [5.74, 6) is 0. The van der Waals surface area contributed by atoms with E-state index in [2.05, 4.69) is 41.3 Å². The van der Waals surface area contributed by atoms with Crippen LogP contribution in [0, 0.1) is 0 Å². The molecule has 0 bridgehead atoms. The van der Waals surface area contributed by atoms with Crippen LogP contribution >= 0.6 is 0 Å². The number of nitrogens with two attached hydrogens (primary N) is 1. The van der Waals surface area contributed by atoms with Gasteiger partial charge in [0.05, 0.1) is 0 Å². The van der Waals surface area contributed by atoms with Crippen molar-refractivity contribution in [1.29, 1.82) is 0 Å². The predicted molar refractivity (Wildman–Crippen MR) is 80.8 cm³/mol. The minimum absolute atomic E-state index is 0.455. The topological polar surface area (TPSA) is 29.3 Å². The van der Waals surface area contributed by atoms with Crippen LogP contribution in [0.5, 0.6) is 0 Å². The molecule has 2 nitrogen and oxygen atoms in total. The third-order valence-corrected chi connectivity index (χ3v) is 4.64. The van der Waals surface area contributed by atoms with Gasteiger partial charge in [0, 0.05) is 25.2 Å². The third-order valence-electron chi connectivity index (χ3n) is 4.64. The molecule has 1 aromatic carbocycles. The molecule has 0 spiro atoms. The molecule has 1 fully saturated rings. The van der Waals surface area contributed by atoms with Crippen LogP contribution in [-0.4, -0.2) is 30.1 Å². The zero-order valence-corrected chi connectivity index (χ0v) is 11.6. The van der Waals surface area contributed by atoms with Crippen LogP contribution in [0.4, 0.5) is 0 Å². The normalized spacial score (nSPS) is 29.0. The number of nitrogens with zero attached hydrogens (tertiary/aromatic N) is 1. The molecule has 0 saturated heterocycles. The van der Waals surface area contributed by atoms with E-state index in [1.54, 1.807) is 0 Å². The SMILES string of the molecule is NC1CCC(N2CC=C(c3ccccc3)CC2)CC1. The second kappa shape index (κ2) is 5.89. The first kappa shape index (κ1) is 12.9. The van der Waals surface area contributed by atoms with Gasteiger partial charge in [0.2, 0.25) is 0 Å². The largest absolute Gasteiger partial charge is 0.328 e. The summed E-state index contributed by atoms with van der Waals surface area (Å²) in [6, 6.07) is 12.0. The highest BCUT2D eigenvalue weighted by atomic mass is 15.2. The lowest BCUT2D eigenvalue weighted by atomic mass is 9.89. The molecular formula is C17H24N2. The molecule has 1 aliphatic heterocycles. The lowest BCUT2D eigenvalue weighted by molar-refractivity contribution is 0.164. The lowest BCUT2D eigenvalue weighted by Gasteiger charge is -2.37. The Kier molecular flexibility index (Phi) is 4.00. The van der Waals surface area contributed by atoms with Gasteiger partial charge in [-0.25, -0.2) is 0 Å². The van der Waals surface area contributed by atoms with E-state index >= 15 is 0 Å². The van der Waals surface area contributed by atoms with Crippen molar-refractivity contribution in [1.82, 2.24) is 4.90 Å². The first-order valence-electron chi connectivity index (χ1n) is 7.57. The van der Waals surface area contributed by atoms with Crippen LogP contribution in [0.2, 0.25) is 0 Å². The number of rotatable bonds is 2. The van der Waals surface area contributed by atoms with Gasteiger partial charge in [-0.15, -0.1) is 0 Å². The van der Waals surface area contributed by atoms with E-state index in [4.69, 9.17) is 5.73 Å². The molecule has 2 heteroatoms. The zero-order chi connectivity index (χ0) is 13.1. The van der Waals surface area contributed by atoms with E-state index in [1.807, 2.05) is 0 Å². The van der Waals surface area contributed by atoms with E-state index in [0.717, 1.165) is 12.6 Å². The highest BCUT2D eigenvalue weighted by Crippen LogP contribution is 2.27. The van der Waals surface area contributed by atoms with Crippen molar-refractivity contribution < 1.29 is 0 Å². The zero-order valence-electron chi connectivity index (χ0n) is 11.6. The minimum Gasteiger partial charge on any atom is -0.328 e. The lowest BCUT2D eigenvalue weighted by Crippen LogP contribution is -2.42. The second-order valence-corrected chi connectivity index (χ2v) is 5.91. The van der Waals surface area contributed by atoms with Crippen molar-refractivity contribution in [2.75, 3.05) is 13.1 Å². The molecule has 1 aliphatic carbocycles. The summed E-state index contributed by atoms with van der Waals surface area (Å²) in [5, 5.41) is 0. The average molecular weight is 256 g/mol. The Hall–Kier alpha value is -1.12. The van der Waals surface area contributed by atoms with Crippen LogP contribution in [0.1, 0.15) is 37.7 Å². The summed E-state index contributed by atoms with van der Waals surface area (Å²) < 4.78 is 0. The molecule has 0 radical (unpaired) electrons. The van der Waals surface area contributed by atoms with Crippen LogP contribution in [0.25, 0.3) is 5.57 Å². The Morgan fingerprint density at radius 1 is 1.00 bits per heavy atom. The first-order chi connectivity index (χ1) is 9.33. The molecule has 0 unspecified atom stereocenters. The summed E-state index contributed by atoms with van der Waals surface area (Å²) in [7, 11) is 0. The van der Waals surface area contributed by atoms with Crippen LogP contribution in [-0.2, 0) is 0 Å². The number of benzene rings is 1. The number of hydrogen-bond donors (Lipinski definition) is 1. The monoisotopic (exact) mass is 256 g/mol. The highest BCUT2D eigenvalue weighted by Gasteiger charge is 2.25. The summed E-state index contributed by atoms with van der Waals surface area (Å²) >= 11 is 0. The van der Waals surface area contributed by atoms with Crippen molar-refractivity contribution >= 4 is 5.57 Å². The van der Waals surface area contributed by atoms with Gasteiger partial charge in [-0.2, -0.15) is 0 Å². The van der Waals surface area contributed by atoms with Crippen LogP contribution in [0.3, 0.4) is 0 Å². The Bertz CT molecular complexity index is 430. The molecule has 1 aromatic rings. The second-order valence-electron chi connectivity index (χ2n) is 5.91. The van der Waals surface area contributed by atoms with Gasteiger partial charge in [0.1, 0.15) is 0 Å². The van der Waals surface area contributed by atoms with Gasteiger partial charge in [-0.1, -0.05) is 36.4 Å². The summed E-state index contributed by atoms with van der Waals surface area (Å²) in [5.41, 5.74) is 8.91. The Morgan fingerprint density at radius 3 is 2.37 bits per heavy atom. The van der Waals surface area contributed by atoms with Crippen molar-refractivity contribution in [2.45, 2.75) is 44.2 Å². The average Bonchev–Trinajstić information content (AvgIpc) is 2.49. The fourth-order valence-electron chi connectivity index (χ4n) is 3.40. The molecule has 1 saturated carbocycles. The van der Waals surface area contributed by atoms with E-state index in [9.17, 15) is 0 Å². The molecule has 2 aliphatic rings. The summed E-state index contributed by atoms with van der Waals surface area (Å²) in [6.45, 7) is 2.32. The molecular weight excluding hydrogens is 232 g/mol. The van der Waals surface area contributed by atoms with Crippen molar-refractivity contribution in [3.8, 4) is 0 Å². The molecule has 1 heterocycles. The molecule has 102 valence electrons. The maximum atomic E-state index is 5.99. The first-order valence-corrected chi connectivity index (χ1v) is 7.57. The van der Waals surface area contributed by atoms with E-state index < -0.39 is 0 Å². The van der Waals surface area contributed by atoms with Gasteiger partial charge in [-0.3, -0.25) is 4.90 Å². The van der Waals surface area contributed by atoms with E-state index in [1.165, 1.54) is 49.8 Å². The molecule has 3 rings (SSSR count). The fourth-order valence-corrected chi connectivity index (χ4v) is 3.40. The summed E-state index contributed by atoms with van der Waals surface area (Å²) in [4.78, 5) is 2.65. The fraction of sp³-hybridized carbons (Fsp3) is 0.529. The molecule has 19 heavy (non-hydrogen) atoms.